The van der Waals surface area contributed by atoms with E-state index in [9.17, 15) is 4.79 Å². The number of rotatable bonds is 5. The molecule has 1 rings (SSSR count). The molecule has 0 radical (unpaired) electrons. The molecule has 0 aliphatic carbocycles. The Hall–Kier alpha value is -0.940. The van der Waals surface area contributed by atoms with Gasteiger partial charge in [0.15, 0.2) is 0 Å². The summed E-state index contributed by atoms with van der Waals surface area (Å²) in [6, 6.07) is 5.42. The summed E-state index contributed by atoms with van der Waals surface area (Å²) in [5.41, 5.74) is -0.482. The van der Waals surface area contributed by atoms with Gasteiger partial charge >= 0.3 is 6.09 Å². The van der Waals surface area contributed by atoms with E-state index in [1.54, 1.807) is 6.07 Å². The second-order valence-corrected chi connectivity index (χ2v) is 6.53. The van der Waals surface area contributed by atoms with Crippen molar-refractivity contribution < 1.29 is 14.3 Å². The topological polar surface area (TPSA) is 47.6 Å². The van der Waals surface area contributed by atoms with Crippen LogP contribution in [0.5, 0.6) is 5.75 Å². The normalized spacial score (nSPS) is 11.1. The van der Waals surface area contributed by atoms with Gasteiger partial charge in [0.25, 0.3) is 0 Å². The molecule has 0 aliphatic heterocycles. The molecule has 0 fully saturated rings. The number of hydrogen-bond donors (Lipinski definition) is 1. The van der Waals surface area contributed by atoms with E-state index in [0.717, 1.165) is 4.47 Å². The third-order valence-corrected chi connectivity index (χ3v) is 2.95. The maximum atomic E-state index is 11.4. The molecule has 112 valence electrons. The number of benzene rings is 1. The number of carbonyl (C=O) groups excluding carboxylic acids is 1. The van der Waals surface area contributed by atoms with Crippen molar-refractivity contribution in [1.29, 1.82) is 0 Å². The molecule has 1 aromatic rings. The van der Waals surface area contributed by atoms with Crippen molar-refractivity contribution in [2.75, 3.05) is 13.2 Å². The summed E-state index contributed by atoms with van der Waals surface area (Å²) in [4.78, 5) is 11.4. The second-order valence-electron chi connectivity index (χ2n) is 5.21. The summed E-state index contributed by atoms with van der Waals surface area (Å²) in [7, 11) is 0. The number of alkyl carbamates (subject to hydrolysis) is 1. The van der Waals surface area contributed by atoms with E-state index in [1.165, 1.54) is 0 Å². The summed E-state index contributed by atoms with van der Waals surface area (Å²) in [5.74, 6) is 0.623. The number of carbonyl (C=O) groups is 1. The largest absolute Gasteiger partial charge is 0.492 e. The van der Waals surface area contributed by atoms with Gasteiger partial charge in [-0.3, -0.25) is 0 Å². The first-order valence-corrected chi connectivity index (χ1v) is 7.50. The third kappa shape index (κ3) is 7.01. The Morgan fingerprint density at radius 1 is 1.40 bits per heavy atom. The molecule has 0 spiro atoms. The van der Waals surface area contributed by atoms with E-state index >= 15 is 0 Å². The number of nitrogens with one attached hydrogen (secondary N) is 1. The minimum atomic E-state index is -0.482. The fraction of sp³-hybridized carbons (Fsp3) is 0.500. The molecule has 0 saturated heterocycles. The summed E-state index contributed by atoms with van der Waals surface area (Å²) < 4.78 is 11.6. The van der Waals surface area contributed by atoms with Crippen molar-refractivity contribution in [3.8, 4) is 5.75 Å². The van der Waals surface area contributed by atoms with Crippen LogP contribution in [0.2, 0.25) is 5.02 Å². The fourth-order valence-corrected chi connectivity index (χ4v) is 1.86. The van der Waals surface area contributed by atoms with Gasteiger partial charge in [0.1, 0.15) is 11.4 Å². The Balaban J connectivity index is 2.22. The minimum absolute atomic E-state index is 0.419. The lowest BCUT2D eigenvalue weighted by Gasteiger charge is -2.19. The van der Waals surface area contributed by atoms with Crippen LogP contribution < -0.4 is 10.1 Å². The molecule has 4 nitrogen and oxygen atoms in total. The summed E-state index contributed by atoms with van der Waals surface area (Å²) in [5, 5.41) is 3.23. The lowest BCUT2D eigenvalue weighted by atomic mass is 10.2. The van der Waals surface area contributed by atoms with Crippen molar-refractivity contribution >= 4 is 33.6 Å². The molecule has 6 heteroatoms. The Bertz CT molecular complexity index is 460. The maximum Gasteiger partial charge on any atom is 0.407 e. The van der Waals surface area contributed by atoms with Crippen molar-refractivity contribution in [2.24, 2.45) is 0 Å². The standard InChI is InChI=1S/C14H19BrClNO3/c1-14(2,3)20-13(18)17-7-4-8-19-12-9-10(15)5-6-11(12)16/h5-6,9H,4,7-8H2,1-3H3,(H,17,18). The predicted octanol–water partition coefficient (Wildman–Crippen LogP) is 4.40. The first-order chi connectivity index (χ1) is 9.28. The molecular weight excluding hydrogens is 346 g/mol. The first-order valence-electron chi connectivity index (χ1n) is 6.32. The second kappa shape index (κ2) is 7.74. The van der Waals surface area contributed by atoms with Crippen molar-refractivity contribution in [2.45, 2.75) is 32.8 Å². The molecule has 0 aliphatic rings. The van der Waals surface area contributed by atoms with Gasteiger partial charge in [0.2, 0.25) is 0 Å². The van der Waals surface area contributed by atoms with E-state index in [1.807, 2.05) is 32.9 Å². The van der Waals surface area contributed by atoms with Crippen molar-refractivity contribution in [3.63, 3.8) is 0 Å². The number of amides is 1. The monoisotopic (exact) mass is 363 g/mol. The van der Waals surface area contributed by atoms with Crippen molar-refractivity contribution in [3.05, 3.63) is 27.7 Å². The average Bonchev–Trinajstić information content (AvgIpc) is 2.30. The quantitative estimate of drug-likeness (QED) is 0.788. The summed E-state index contributed by atoms with van der Waals surface area (Å²) in [6.07, 6.45) is 0.250. The van der Waals surface area contributed by atoms with Crippen LogP contribution in [-0.2, 0) is 4.74 Å². The van der Waals surface area contributed by atoms with E-state index in [2.05, 4.69) is 21.2 Å². The molecule has 0 saturated carbocycles. The highest BCUT2D eigenvalue weighted by atomic mass is 79.9. The number of ether oxygens (including phenoxy) is 2. The Morgan fingerprint density at radius 2 is 2.10 bits per heavy atom. The Morgan fingerprint density at radius 3 is 2.75 bits per heavy atom. The lowest BCUT2D eigenvalue weighted by Crippen LogP contribution is -2.33. The highest BCUT2D eigenvalue weighted by Gasteiger charge is 2.15. The van der Waals surface area contributed by atoms with E-state index in [-0.39, 0.29) is 0 Å². The molecule has 1 amide bonds. The molecule has 0 bridgehead atoms. The van der Waals surface area contributed by atoms with E-state index < -0.39 is 11.7 Å². The van der Waals surface area contributed by atoms with Gasteiger partial charge in [0, 0.05) is 11.0 Å². The minimum Gasteiger partial charge on any atom is -0.492 e. The van der Waals surface area contributed by atoms with Gasteiger partial charge < -0.3 is 14.8 Å². The van der Waals surface area contributed by atoms with Gasteiger partial charge in [-0.2, -0.15) is 0 Å². The van der Waals surface area contributed by atoms with Crippen LogP contribution in [0.3, 0.4) is 0 Å². The smallest absolute Gasteiger partial charge is 0.407 e. The molecule has 0 atom stereocenters. The highest BCUT2D eigenvalue weighted by Crippen LogP contribution is 2.27. The van der Waals surface area contributed by atoms with Gasteiger partial charge in [-0.25, -0.2) is 4.79 Å². The van der Waals surface area contributed by atoms with Crippen LogP contribution in [0, 0.1) is 0 Å². The summed E-state index contributed by atoms with van der Waals surface area (Å²) in [6.45, 7) is 6.42. The highest BCUT2D eigenvalue weighted by molar-refractivity contribution is 9.10. The zero-order chi connectivity index (χ0) is 15.2. The van der Waals surface area contributed by atoms with Gasteiger partial charge in [0.05, 0.1) is 11.6 Å². The number of hydrogen-bond acceptors (Lipinski definition) is 3. The zero-order valence-electron chi connectivity index (χ0n) is 11.8. The van der Waals surface area contributed by atoms with Crippen LogP contribution in [-0.4, -0.2) is 24.8 Å². The van der Waals surface area contributed by atoms with E-state index in [0.29, 0.717) is 30.3 Å². The zero-order valence-corrected chi connectivity index (χ0v) is 14.2. The predicted molar refractivity (Wildman–Crippen MR) is 83.5 cm³/mol. The SMILES string of the molecule is CC(C)(C)OC(=O)NCCCOc1cc(Br)ccc1Cl. The van der Waals surface area contributed by atoms with Crippen LogP contribution in [0.15, 0.2) is 22.7 Å². The van der Waals surface area contributed by atoms with Crippen LogP contribution >= 0.6 is 27.5 Å². The van der Waals surface area contributed by atoms with E-state index in [4.69, 9.17) is 21.1 Å². The average molecular weight is 365 g/mol. The van der Waals surface area contributed by atoms with Crippen LogP contribution in [0.1, 0.15) is 27.2 Å². The Kier molecular flexibility index (Phi) is 6.62. The van der Waals surface area contributed by atoms with Crippen LogP contribution in [0.4, 0.5) is 4.79 Å². The van der Waals surface area contributed by atoms with Gasteiger partial charge in [-0.1, -0.05) is 27.5 Å². The first kappa shape index (κ1) is 17.1. The molecule has 0 unspecified atom stereocenters. The fourth-order valence-electron chi connectivity index (χ4n) is 1.35. The molecule has 20 heavy (non-hydrogen) atoms. The maximum absolute atomic E-state index is 11.4. The molecule has 0 heterocycles. The van der Waals surface area contributed by atoms with Crippen molar-refractivity contribution in [1.82, 2.24) is 5.32 Å². The van der Waals surface area contributed by atoms with Gasteiger partial charge in [-0.15, -0.1) is 0 Å². The lowest BCUT2D eigenvalue weighted by molar-refractivity contribution is 0.0525. The van der Waals surface area contributed by atoms with Gasteiger partial charge in [-0.05, 0) is 45.4 Å². The molecule has 1 aromatic carbocycles. The molecule has 1 N–H and O–H groups in total. The van der Waals surface area contributed by atoms with Crippen LogP contribution in [0.25, 0.3) is 0 Å². The summed E-state index contributed by atoms with van der Waals surface area (Å²) >= 11 is 9.35. The Labute approximate surface area is 132 Å². The third-order valence-electron chi connectivity index (χ3n) is 2.14. The molecular formula is C14H19BrClNO3. The molecule has 0 aromatic heterocycles. The number of halogens is 2.